The predicted molar refractivity (Wildman–Crippen MR) is 238 cm³/mol. The van der Waals surface area contributed by atoms with Crippen molar-refractivity contribution in [2.24, 2.45) is 34.1 Å². The van der Waals surface area contributed by atoms with E-state index in [-0.39, 0.29) is 16.7 Å². The number of hydrogen-bond acceptors (Lipinski definition) is 13. The molecule has 63 heavy (non-hydrogen) atoms. The second kappa shape index (κ2) is 23.4. The molecule has 3 aliphatic heterocycles. The van der Waals surface area contributed by atoms with E-state index in [1.165, 1.54) is 105 Å². The number of thiophene rings is 1. The van der Waals surface area contributed by atoms with E-state index in [0.717, 1.165) is 48.8 Å². The van der Waals surface area contributed by atoms with Gasteiger partial charge in [0.1, 0.15) is 0 Å². The minimum atomic E-state index is -5.43. The Bertz CT molecular complexity index is 2000. The van der Waals surface area contributed by atoms with Gasteiger partial charge in [-0.05, 0) is 128 Å². The van der Waals surface area contributed by atoms with Crippen LogP contribution < -0.4 is 16.4 Å². The van der Waals surface area contributed by atoms with Gasteiger partial charge in [0.15, 0.2) is 0 Å². The molecule has 3 saturated heterocycles. The first-order chi connectivity index (χ1) is 29.5. The van der Waals surface area contributed by atoms with Crippen molar-refractivity contribution in [2.45, 2.75) is 112 Å². The lowest BCUT2D eigenvalue weighted by molar-refractivity contribution is -0.163. The van der Waals surface area contributed by atoms with Gasteiger partial charge in [0.05, 0.1) is 27.6 Å². The number of carbonyl (C=O) groups excluding carboxylic acids is 5. The molecule has 1 aromatic carbocycles. The number of anilines is 1. The number of halogens is 2. The van der Waals surface area contributed by atoms with Gasteiger partial charge in [-0.1, -0.05) is 19.9 Å². The number of amides is 3. The highest BCUT2D eigenvalue weighted by atomic mass is 32.1. The van der Waals surface area contributed by atoms with Crippen molar-refractivity contribution in [3.63, 3.8) is 0 Å². The van der Waals surface area contributed by atoms with Crippen molar-refractivity contribution in [2.75, 3.05) is 38.1 Å². The predicted octanol–water partition coefficient (Wildman–Crippen LogP) is 8.59. The highest BCUT2D eigenvalue weighted by molar-refractivity contribution is 7.54. The van der Waals surface area contributed by atoms with Crippen LogP contribution in [0.3, 0.4) is 0 Å². The van der Waals surface area contributed by atoms with Crippen molar-refractivity contribution in [3.05, 3.63) is 59.2 Å². The van der Waals surface area contributed by atoms with Crippen LogP contribution in [0, 0.1) is 22.7 Å². The van der Waals surface area contributed by atoms with Crippen molar-refractivity contribution in [1.29, 1.82) is 0 Å². The first-order valence-corrected chi connectivity index (χ1v) is 23.4. The quantitative estimate of drug-likeness (QED) is 0.0848. The van der Waals surface area contributed by atoms with Crippen LogP contribution in [-0.4, -0.2) is 79.3 Å². The van der Waals surface area contributed by atoms with Gasteiger partial charge in [-0.25, -0.2) is 0 Å². The van der Waals surface area contributed by atoms with Crippen LogP contribution in [0.5, 0.6) is 0 Å². The second-order valence-corrected chi connectivity index (χ2v) is 20.8. The summed E-state index contributed by atoms with van der Waals surface area (Å²) in [7, 11) is -5.43. The standard InChI is InChI=1S/C22H28F2NO8PS.C12H21NO.C9H12N2.CH3NO/c1-20(2,3)18(27)30-11-32-34(29,33-12-31-19(28)21(4,5)6)22(23,24)14-7-8-15-13(9-14)10-16(35-15)17(25)26;1-9-5-3-7-12(14)13-8-4-6-11(13)10(9)2;1-2-7-11(6-1)9-4-3-5-10-8-9;2-1-3/h7-10H,11-12H2,1-6H3,(H2,25,26);9-11H,3-8H2,1-2H3;3-5,8H,1-2,6-7H2;1H,(H2,2,3)/t;9-,10?,11-;;/m.1../s1. The first kappa shape index (κ1) is 52.8. The average Bonchev–Trinajstić information content (AvgIpc) is 4.02. The summed E-state index contributed by atoms with van der Waals surface area (Å²) in [4.78, 5) is 64.5. The lowest BCUT2D eigenvalue weighted by Crippen LogP contribution is -2.42. The summed E-state index contributed by atoms with van der Waals surface area (Å²) in [5.41, 5.74) is 3.73. The number of esters is 2. The number of rotatable bonds is 10. The molecule has 4 N–H and O–H groups in total. The number of benzene rings is 1. The molecule has 3 amide bonds. The fraction of sp³-hybridized carbons (Fsp3) is 0.591. The van der Waals surface area contributed by atoms with E-state index in [2.05, 4.69) is 40.4 Å². The Labute approximate surface area is 373 Å². The van der Waals surface area contributed by atoms with Gasteiger partial charge >= 0.3 is 25.2 Å². The maximum absolute atomic E-state index is 15.5. The molecule has 3 aromatic rings. The van der Waals surface area contributed by atoms with E-state index in [4.69, 9.17) is 29.0 Å². The highest BCUT2D eigenvalue weighted by Gasteiger charge is 2.56. The highest BCUT2D eigenvalue weighted by Crippen LogP contribution is 2.67. The Morgan fingerprint density at radius 3 is 2.02 bits per heavy atom. The van der Waals surface area contributed by atoms with Crippen molar-refractivity contribution >= 4 is 64.9 Å². The van der Waals surface area contributed by atoms with Crippen LogP contribution in [0.25, 0.3) is 10.1 Å². The number of alkyl halides is 2. The third-order valence-electron chi connectivity index (χ3n) is 10.8. The summed E-state index contributed by atoms with van der Waals surface area (Å²) in [6, 6.07) is 9.30. The smallest absolute Gasteiger partial charge is 0.410 e. The van der Waals surface area contributed by atoms with Crippen LogP contribution in [-0.2, 0) is 47.9 Å². The molecular weight excluding hydrogens is 860 g/mol. The van der Waals surface area contributed by atoms with Crippen LogP contribution >= 0.6 is 18.9 Å². The van der Waals surface area contributed by atoms with E-state index < -0.39 is 61.1 Å². The van der Waals surface area contributed by atoms with Gasteiger partial charge in [0.2, 0.25) is 25.9 Å². The Morgan fingerprint density at radius 1 is 0.905 bits per heavy atom. The third kappa shape index (κ3) is 15.0. The lowest BCUT2D eigenvalue weighted by atomic mass is 9.83. The maximum Gasteiger partial charge on any atom is 0.410 e. The summed E-state index contributed by atoms with van der Waals surface area (Å²) in [6.45, 7) is 15.1. The molecule has 0 aliphatic carbocycles. The van der Waals surface area contributed by atoms with Gasteiger partial charge in [-0.2, -0.15) is 8.78 Å². The fourth-order valence-electron chi connectivity index (χ4n) is 6.97. The molecule has 15 nitrogen and oxygen atoms in total. The molecule has 5 heterocycles. The monoisotopic (exact) mass is 923 g/mol. The number of pyridine rings is 1. The van der Waals surface area contributed by atoms with Crippen LogP contribution in [0.15, 0.2) is 48.8 Å². The molecule has 3 fully saturated rings. The van der Waals surface area contributed by atoms with E-state index in [0.29, 0.717) is 22.6 Å². The van der Waals surface area contributed by atoms with E-state index in [1.54, 1.807) is 0 Å². The van der Waals surface area contributed by atoms with E-state index >= 15 is 8.78 Å². The molecule has 19 heteroatoms. The number of nitrogens with zero attached hydrogens (tertiary/aromatic N) is 3. The number of nitrogens with two attached hydrogens (primary N) is 2. The van der Waals surface area contributed by atoms with Crippen molar-refractivity contribution in [3.8, 4) is 0 Å². The minimum Gasteiger partial charge on any atom is -0.438 e. The number of ether oxygens (including phenoxy) is 2. The summed E-state index contributed by atoms with van der Waals surface area (Å²) in [5.74, 6) is -0.407. The zero-order valence-electron chi connectivity index (χ0n) is 37.6. The van der Waals surface area contributed by atoms with E-state index in [9.17, 15) is 23.7 Å². The van der Waals surface area contributed by atoms with Gasteiger partial charge in [0.25, 0.3) is 5.91 Å². The molecule has 350 valence electrons. The SMILES string of the molecule is CC(C)(C)C(=O)OCOP(=O)(OCOC(=O)C(C)(C)C)C(F)(F)c1ccc2sc(C(N)=O)cc2c1.CC1[C@H](C)CCCC(=O)N2CCC[C@H]12.NC=O.c1cncc(N2CCCC2)c1. The summed E-state index contributed by atoms with van der Waals surface area (Å²) in [5, 5.41) is 0.255. The number of hydrogen-bond donors (Lipinski definition) is 2. The van der Waals surface area contributed by atoms with Crippen molar-refractivity contribution in [1.82, 2.24) is 9.88 Å². The maximum atomic E-state index is 15.5. The molecule has 2 aromatic heterocycles. The van der Waals surface area contributed by atoms with Crippen molar-refractivity contribution < 1.29 is 55.8 Å². The molecule has 0 radical (unpaired) electrons. The average molecular weight is 924 g/mol. The molecular formula is C44H64F2N5O10PS. The minimum absolute atomic E-state index is 0.152. The number of primary amides is 2. The van der Waals surface area contributed by atoms with Crippen LogP contribution in [0.2, 0.25) is 0 Å². The Kier molecular flexibility index (Phi) is 19.6. The molecule has 0 bridgehead atoms. The normalized spacial score (nSPS) is 19.1. The molecule has 0 spiro atoms. The summed E-state index contributed by atoms with van der Waals surface area (Å²) in [6.07, 6.45) is 12.2. The van der Waals surface area contributed by atoms with Gasteiger partial charge < -0.3 is 30.7 Å². The Hall–Kier alpha value is -4.51. The molecule has 3 aliphatic rings. The topological polar surface area (TPSA) is 211 Å². The zero-order valence-corrected chi connectivity index (χ0v) is 39.3. The van der Waals surface area contributed by atoms with E-state index in [1.807, 2.05) is 18.5 Å². The fourth-order valence-corrected chi connectivity index (χ4v) is 9.10. The Morgan fingerprint density at radius 2 is 1.49 bits per heavy atom. The lowest BCUT2D eigenvalue weighted by Gasteiger charge is -2.35. The Balaban J connectivity index is 0.000000302. The molecule has 6 rings (SSSR count). The number of fused-ring (bicyclic) bond motifs is 2. The molecule has 3 atom stereocenters. The number of aromatic nitrogens is 1. The summed E-state index contributed by atoms with van der Waals surface area (Å²) < 4.78 is 64.1. The zero-order chi connectivity index (χ0) is 47.2. The van der Waals surface area contributed by atoms with Crippen LogP contribution in [0.1, 0.15) is 116 Å². The van der Waals surface area contributed by atoms with Gasteiger partial charge in [0, 0.05) is 48.6 Å². The van der Waals surface area contributed by atoms with Crippen LogP contribution in [0.4, 0.5) is 14.5 Å². The first-order valence-electron chi connectivity index (χ1n) is 21.0. The third-order valence-corrected chi connectivity index (χ3v) is 13.8. The molecule has 0 saturated carbocycles. The summed E-state index contributed by atoms with van der Waals surface area (Å²) >= 11 is 1.00. The molecule has 1 unspecified atom stereocenters. The second-order valence-electron chi connectivity index (χ2n) is 17.7. The van der Waals surface area contributed by atoms with Gasteiger partial charge in [-0.3, -0.25) is 42.6 Å². The largest absolute Gasteiger partial charge is 0.438 e. The number of carbonyl (C=O) groups is 5. The van der Waals surface area contributed by atoms with Gasteiger partial charge in [-0.15, -0.1) is 11.3 Å².